The lowest BCUT2D eigenvalue weighted by Crippen LogP contribution is -2.54. The molecule has 6 heteroatoms. The van der Waals surface area contributed by atoms with Gasteiger partial charge in [0.15, 0.2) is 0 Å². The number of amides is 2. The Bertz CT molecular complexity index is 1190. The topological polar surface area (TPSA) is 49.4 Å². The minimum absolute atomic E-state index is 0.0701. The van der Waals surface area contributed by atoms with Crippen molar-refractivity contribution in [2.24, 2.45) is 0 Å². The number of rotatable bonds is 10. The van der Waals surface area contributed by atoms with E-state index in [0.29, 0.717) is 18.0 Å². The smallest absolute Gasteiger partial charge is 0.243 e. The highest BCUT2D eigenvalue weighted by Crippen LogP contribution is 2.21. The van der Waals surface area contributed by atoms with Crippen LogP contribution in [-0.4, -0.2) is 34.0 Å². The first-order chi connectivity index (χ1) is 17.5. The van der Waals surface area contributed by atoms with Crippen molar-refractivity contribution in [2.75, 3.05) is 5.75 Å². The zero-order chi connectivity index (χ0) is 27.0. The van der Waals surface area contributed by atoms with E-state index in [2.05, 4.69) is 37.4 Å². The van der Waals surface area contributed by atoms with Crippen LogP contribution in [0.25, 0.3) is 0 Å². The number of hydrogen-bond donors (Lipinski definition) is 1. The van der Waals surface area contributed by atoms with E-state index in [9.17, 15) is 9.59 Å². The van der Waals surface area contributed by atoms with Crippen LogP contribution in [0.4, 0.5) is 0 Å². The minimum atomic E-state index is -0.657. The summed E-state index contributed by atoms with van der Waals surface area (Å²) in [5.74, 6) is 0.781. The molecule has 3 aromatic rings. The SMILES string of the molecule is Cc1cc(C)cc(CSCC(=O)N(Cc2cccc(Cl)c2)[C@H](Cc2ccccc2)C(=O)NC(C)(C)C)c1. The lowest BCUT2D eigenvalue weighted by molar-refractivity contribution is -0.140. The zero-order valence-electron chi connectivity index (χ0n) is 22.4. The van der Waals surface area contributed by atoms with Gasteiger partial charge in [0.2, 0.25) is 11.8 Å². The van der Waals surface area contributed by atoms with Gasteiger partial charge >= 0.3 is 0 Å². The second kappa shape index (κ2) is 13.2. The molecule has 0 fully saturated rings. The summed E-state index contributed by atoms with van der Waals surface area (Å²) in [6.07, 6.45) is 0.427. The van der Waals surface area contributed by atoms with Crippen LogP contribution < -0.4 is 5.32 Å². The number of thioether (sulfide) groups is 1. The van der Waals surface area contributed by atoms with E-state index in [0.717, 1.165) is 16.9 Å². The van der Waals surface area contributed by atoms with E-state index in [1.165, 1.54) is 16.7 Å². The van der Waals surface area contributed by atoms with Crippen molar-refractivity contribution >= 4 is 35.2 Å². The number of nitrogens with one attached hydrogen (secondary N) is 1. The highest BCUT2D eigenvalue weighted by Gasteiger charge is 2.32. The Balaban J connectivity index is 1.87. The van der Waals surface area contributed by atoms with Crippen molar-refractivity contribution in [3.05, 3.63) is 106 Å². The van der Waals surface area contributed by atoms with Gasteiger partial charge in [-0.25, -0.2) is 0 Å². The maximum atomic E-state index is 13.8. The molecule has 37 heavy (non-hydrogen) atoms. The molecule has 1 atom stereocenters. The monoisotopic (exact) mass is 536 g/mol. The predicted octanol–water partition coefficient (Wildman–Crippen LogP) is 6.74. The number of carbonyl (C=O) groups is 2. The van der Waals surface area contributed by atoms with Crippen LogP contribution in [0.2, 0.25) is 5.02 Å². The molecule has 1 N–H and O–H groups in total. The first-order valence-corrected chi connectivity index (χ1v) is 14.1. The lowest BCUT2D eigenvalue weighted by Gasteiger charge is -2.34. The molecule has 0 spiro atoms. The molecule has 196 valence electrons. The van der Waals surface area contributed by atoms with Crippen molar-refractivity contribution in [1.82, 2.24) is 10.2 Å². The summed E-state index contributed by atoms with van der Waals surface area (Å²) in [5, 5.41) is 3.71. The second-order valence-electron chi connectivity index (χ2n) is 10.6. The number of nitrogens with zero attached hydrogens (tertiary/aromatic N) is 1. The quantitative estimate of drug-likeness (QED) is 0.312. The summed E-state index contributed by atoms with van der Waals surface area (Å²) < 4.78 is 0. The van der Waals surface area contributed by atoms with Gasteiger partial charge in [0.05, 0.1) is 5.75 Å². The average molecular weight is 537 g/mol. The van der Waals surface area contributed by atoms with Gasteiger partial charge in [-0.3, -0.25) is 9.59 Å². The molecular formula is C31H37ClN2O2S. The summed E-state index contributed by atoms with van der Waals surface area (Å²) in [5.41, 5.74) is 5.10. The van der Waals surface area contributed by atoms with Crippen LogP contribution in [0, 0.1) is 13.8 Å². The second-order valence-corrected chi connectivity index (χ2v) is 12.0. The molecular weight excluding hydrogens is 500 g/mol. The molecule has 3 rings (SSSR count). The summed E-state index contributed by atoms with van der Waals surface area (Å²) >= 11 is 7.83. The van der Waals surface area contributed by atoms with E-state index in [1.54, 1.807) is 16.7 Å². The summed E-state index contributed by atoms with van der Waals surface area (Å²) in [6.45, 7) is 10.3. The summed E-state index contributed by atoms with van der Waals surface area (Å²) in [4.78, 5) is 29.1. The highest BCUT2D eigenvalue weighted by atomic mass is 35.5. The van der Waals surface area contributed by atoms with Gasteiger partial charge < -0.3 is 10.2 Å². The number of benzene rings is 3. The standard InChI is InChI=1S/C31H37ClN2O2S/c1-22-14-23(2)16-26(15-22)20-37-21-29(35)34(19-25-12-9-13-27(32)17-25)28(30(36)33-31(3,4)5)18-24-10-7-6-8-11-24/h6-17,28H,18-21H2,1-5H3,(H,33,36)/t28-/m1/s1. The third-order valence-electron chi connectivity index (χ3n) is 5.79. The van der Waals surface area contributed by atoms with Crippen LogP contribution in [0.15, 0.2) is 72.8 Å². The molecule has 3 aromatic carbocycles. The molecule has 4 nitrogen and oxygen atoms in total. The molecule has 2 amide bonds. The number of hydrogen-bond acceptors (Lipinski definition) is 3. The van der Waals surface area contributed by atoms with Gasteiger partial charge in [0.1, 0.15) is 6.04 Å². The molecule has 0 bridgehead atoms. The Morgan fingerprint density at radius 1 is 0.892 bits per heavy atom. The molecule has 0 saturated carbocycles. The van der Waals surface area contributed by atoms with Gasteiger partial charge in [-0.15, -0.1) is 11.8 Å². The van der Waals surface area contributed by atoms with E-state index in [1.807, 2.05) is 75.4 Å². The Morgan fingerprint density at radius 2 is 1.54 bits per heavy atom. The third kappa shape index (κ3) is 9.56. The van der Waals surface area contributed by atoms with Crippen molar-refractivity contribution in [3.63, 3.8) is 0 Å². The van der Waals surface area contributed by atoms with E-state index >= 15 is 0 Å². The first kappa shape index (κ1) is 28.8. The molecule has 0 saturated heterocycles. The van der Waals surface area contributed by atoms with Crippen LogP contribution in [0.5, 0.6) is 0 Å². The van der Waals surface area contributed by atoms with Crippen LogP contribution in [-0.2, 0) is 28.3 Å². The van der Waals surface area contributed by atoms with Crippen LogP contribution >= 0.6 is 23.4 Å². The summed E-state index contributed by atoms with van der Waals surface area (Å²) in [6, 6.07) is 23.1. The third-order valence-corrected chi connectivity index (χ3v) is 7.01. The van der Waals surface area contributed by atoms with E-state index in [-0.39, 0.29) is 17.6 Å². The lowest BCUT2D eigenvalue weighted by atomic mass is 10.0. The molecule has 0 aliphatic rings. The number of halogens is 1. The van der Waals surface area contributed by atoms with E-state index < -0.39 is 11.6 Å². The predicted molar refractivity (Wildman–Crippen MR) is 156 cm³/mol. The fraction of sp³-hybridized carbons (Fsp3) is 0.355. The van der Waals surface area contributed by atoms with Gasteiger partial charge in [0, 0.05) is 29.3 Å². The van der Waals surface area contributed by atoms with Crippen molar-refractivity contribution in [3.8, 4) is 0 Å². The first-order valence-electron chi connectivity index (χ1n) is 12.5. The van der Waals surface area contributed by atoms with Gasteiger partial charge in [-0.1, -0.05) is 83.4 Å². The molecule has 0 aromatic heterocycles. The van der Waals surface area contributed by atoms with Gasteiger partial charge in [-0.05, 0) is 63.4 Å². The van der Waals surface area contributed by atoms with Crippen molar-refractivity contribution in [2.45, 2.75) is 64.9 Å². The van der Waals surface area contributed by atoms with Gasteiger partial charge in [0.25, 0.3) is 0 Å². The van der Waals surface area contributed by atoms with Gasteiger partial charge in [-0.2, -0.15) is 0 Å². The Labute approximate surface area is 230 Å². The maximum Gasteiger partial charge on any atom is 0.243 e. The number of carbonyl (C=O) groups excluding carboxylic acids is 2. The van der Waals surface area contributed by atoms with Crippen LogP contribution in [0.1, 0.15) is 48.6 Å². The Morgan fingerprint density at radius 3 is 2.16 bits per heavy atom. The number of aryl methyl sites for hydroxylation is 2. The largest absolute Gasteiger partial charge is 0.350 e. The normalized spacial score (nSPS) is 12.2. The highest BCUT2D eigenvalue weighted by molar-refractivity contribution is 7.99. The van der Waals surface area contributed by atoms with Crippen molar-refractivity contribution < 1.29 is 9.59 Å². The van der Waals surface area contributed by atoms with Crippen molar-refractivity contribution in [1.29, 1.82) is 0 Å². The van der Waals surface area contributed by atoms with Crippen LogP contribution in [0.3, 0.4) is 0 Å². The Kier molecular flexibility index (Phi) is 10.2. The Hall–Kier alpha value is -2.76. The minimum Gasteiger partial charge on any atom is -0.350 e. The molecule has 0 aliphatic carbocycles. The van der Waals surface area contributed by atoms with E-state index in [4.69, 9.17) is 11.6 Å². The zero-order valence-corrected chi connectivity index (χ0v) is 24.0. The molecule has 0 heterocycles. The fourth-order valence-electron chi connectivity index (χ4n) is 4.33. The summed E-state index contributed by atoms with van der Waals surface area (Å²) in [7, 11) is 0. The molecule has 0 radical (unpaired) electrons. The maximum absolute atomic E-state index is 13.8. The average Bonchev–Trinajstić information content (AvgIpc) is 2.80. The molecule has 0 aliphatic heterocycles. The molecule has 0 unspecified atom stereocenters. The fourth-order valence-corrected chi connectivity index (χ4v) is 5.39.